The minimum absolute atomic E-state index is 0.101. The minimum atomic E-state index is 0.101. The third-order valence-corrected chi connectivity index (χ3v) is 12.1. The van der Waals surface area contributed by atoms with E-state index in [0.717, 1.165) is 62.4 Å². The van der Waals surface area contributed by atoms with Crippen molar-refractivity contribution >= 4 is 22.2 Å². The van der Waals surface area contributed by atoms with Crippen LogP contribution >= 0.6 is 0 Å². The highest BCUT2D eigenvalue weighted by Gasteiger charge is 2.28. The number of rotatable bonds is 8. The van der Waals surface area contributed by atoms with Gasteiger partial charge < -0.3 is 0 Å². The van der Waals surface area contributed by atoms with Crippen LogP contribution in [0.2, 0.25) is 0 Å². The number of aliphatic imine (C=N–C) groups is 1. The topological polar surface area (TPSA) is 38.1 Å². The standard InChI is InChI=1S/C59H41N3/c1-5-15-40(16-6-1)42-25-29-45(30-26-42)53-38-55(48-33-27-43(28-34-48)41-17-7-2-8-18-41)60-58-51-24-14-13-23-50(51)52(37-54(53)58)44-31-35-49(36-32-44)59-61-56(46-19-9-3-10-20-46)39-57(62-59)47-21-11-4-12-22-47/h1-37,39,53H,38H2. The van der Waals surface area contributed by atoms with Gasteiger partial charge in [0.25, 0.3) is 0 Å². The minimum Gasteiger partial charge on any atom is -0.252 e. The highest BCUT2D eigenvalue weighted by molar-refractivity contribution is 6.11. The van der Waals surface area contributed by atoms with Gasteiger partial charge in [-0.3, -0.25) is 4.99 Å². The van der Waals surface area contributed by atoms with Gasteiger partial charge in [-0.1, -0.05) is 218 Å². The number of fused-ring (bicyclic) bond motifs is 3. The predicted molar refractivity (Wildman–Crippen MR) is 258 cm³/mol. The first kappa shape index (κ1) is 37.0. The zero-order chi connectivity index (χ0) is 41.2. The summed E-state index contributed by atoms with van der Waals surface area (Å²) in [6.45, 7) is 0. The third-order valence-electron chi connectivity index (χ3n) is 12.1. The Hall–Kier alpha value is -8.01. The first-order chi connectivity index (χ1) is 30.7. The molecule has 3 nitrogen and oxygen atoms in total. The van der Waals surface area contributed by atoms with E-state index in [2.05, 4.69) is 218 Å². The Labute approximate surface area is 362 Å². The molecule has 1 aliphatic rings. The van der Waals surface area contributed by atoms with E-state index in [1.807, 2.05) is 12.1 Å². The van der Waals surface area contributed by atoms with Gasteiger partial charge in [0, 0.05) is 40.1 Å². The van der Waals surface area contributed by atoms with Crippen molar-refractivity contribution in [1.29, 1.82) is 0 Å². The largest absolute Gasteiger partial charge is 0.252 e. The van der Waals surface area contributed by atoms with Gasteiger partial charge in [0.1, 0.15) is 0 Å². The molecule has 1 unspecified atom stereocenters. The molecule has 0 saturated carbocycles. The van der Waals surface area contributed by atoms with Gasteiger partial charge in [-0.05, 0) is 67.6 Å². The van der Waals surface area contributed by atoms with Crippen molar-refractivity contribution in [1.82, 2.24) is 9.97 Å². The van der Waals surface area contributed by atoms with Gasteiger partial charge in [-0.25, -0.2) is 9.97 Å². The monoisotopic (exact) mass is 791 g/mol. The van der Waals surface area contributed by atoms with Crippen molar-refractivity contribution < 1.29 is 0 Å². The van der Waals surface area contributed by atoms with E-state index in [9.17, 15) is 0 Å². The molecular weight excluding hydrogens is 751 g/mol. The van der Waals surface area contributed by atoms with Crippen molar-refractivity contribution in [2.45, 2.75) is 12.3 Å². The van der Waals surface area contributed by atoms with E-state index in [-0.39, 0.29) is 5.92 Å². The lowest BCUT2D eigenvalue weighted by atomic mass is 9.79. The molecule has 3 heteroatoms. The fraction of sp³-hybridized carbons (Fsp3) is 0.0339. The average molecular weight is 792 g/mol. The first-order valence-corrected chi connectivity index (χ1v) is 21.3. The van der Waals surface area contributed by atoms with Gasteiger partial charge >= 0.3 is 0 Å². The summed E-state index contributed by atoms with van der Waals surface area (Å²) >= 11 is 0. The molecule has 2 heterocycles. The third kappa shape index (κ3) is 7.20. The summed E-state index contributed by atoms with van der Waals surface area (Å²) in [5, 5.41) is 2.33. The van der Waals surface area contributed by atoms with Crippen molar-refractivity contribution in [3.8, 4) is 67.3 Å². The molecule has 0 aliphatic carbocycles. The summed E-state index contributed by atoms with van der Waals surface area (Å²) in [5.74, 6) is 0.800. The molecule has 1 aromatic heterocycles. The Kier molecular flexibility index (Phi) is 9.68. The van der Waals surface area contributed by atoms with E-state index in [1.54, 1.807) is 0 Å². The maximum atomic E-state index is 5.54. The van der Waals surface area contributed by atoms with Crippen LogP contribution in [0.15, 0.2) is 236 Å². The second kappa shape index (κ2) is 16.2. The number of aromatic nitrogens is 2. The van der Waals surface area contributed by atoms with Crippen molar-refractivity contribution in [3.05, 3.63) is 247 Å². The molecule has 0 radical (unpaired) electrons. The average Bonchev–Trinajstić information content (AvgIpc) is 3.37. The lowest BCUT2D eigenvalue weighted by molar-refractivity contribution is 0.843. The van der Waals surface area contributed by atoms with Crippen LogP contribution in [0.25, 0.3) is 78.1 Å². The van der Waals surface area contributed by atoms with Crippen LogP contribution in [0, 0.1) is 0 Å². The van der Waals surface area contributed by atoms with Crippen molar-refractivity contribution in [2.24, 2.45) is 4.99 Å². The Balaban J connectivity index is 1.02. The van der Waals surface area contributed by atoms with Crippen LogP contribution in [0.4, 0.5) is 5.69 Å². The van der Waals surface area contributed by atoms with Crippen molar-refractivity contribution in [3.63, 3.8) is 0 Å². The Morgan fingerprint density at radius 1 is 0.339 bits per heavy atom. The van der Waals surface area contributed by atoms with Gasteiger partial charge in [-0.2, -0.15) is 0 Å². The molecule has 0 saturated heterocycles. The molecule has 62 heavy (non-hydrogen) atoms. The highest BCUT2D eigenvalue weighted by Crippen LogP contribution is 2.47. The Morgan fingerprint density at radius 3 is 1.31 bits per heavy atom. The maximum Gasteiger partial charge on any atom is 0.160 e. The molecule has 292 valence electrons. The molecule has 0 fully saturated rings. The van der Waals surface area contributed by atoms with Crippen LogP contribution in [0.5, 0.6) is 0 Å². The lowest BCUT2D eigenvalue weighted by Gasteiger charge is -2.28. The first-order valence-electron chi connectivity index (χ1n) is 21.3. The summed E-state index contributed by atoms with van der Waals surface area (Å²) in [7, 11) is 0. The lowest BCUT2D eigenvalue weighted by Crippen LogP contribution is -2.15. The predicted octanol–water partition coefficient (Wildman–Crippen LogP) is 15.3. The normalized spacial score (nSPS) is 13.4. The number of hydrogen-bond donors (Lipinski definition) is 0. The summed E-state index contributed by atoms with van der Waals surface area (Å²) in [5.41, 5.74) is 17.9. The summed E-state index contributed by atoms with van der Waals surface area (Å²) < 4.78 is 0. The van der Waals surface area contributed by atoms with E-state index in [1.165, 1.54) is 44.3 Å². The molecule has 1 aliphatic heterocycles. The van der Waals surface area contributed by atoms with Gasteiger partial charge in [0.05, 0.1) is 17.1 Å². The summed E-state index contributed by atoms with van der Waals surface area (Å²) in [6, 6.07) is 82.0. The highest BCUT2D eigenvalue weighted by atomic mass is 14.9. The molecular formula is C59H41N3. The van der Waals surface area contributed by atoms with Crippen molar-refractivity contribution in [2.75, 3.05) is 0 Å². The SMILES string of the molecule is c1ccc(-c2ccc(C3=Nc4c(cc(-c5ccc(-c6nc(-c7ccccc7)cc(-c7ccccc7)n6)cc5)c5ccccc45)C(c4ccc(-c5ccccc5)cc4)C3)cc2)cc1. The van der Waals surface area contributed by atoms with Crippen LogP contribution in [-0.4, -0.2) is 15.7 Å². The van der Waals surface area contributed by atoms with Crippen LogP contribution < -0.4 is 0 Å². The maximum absolute atomic E-state index is 5.54. The zero-order valence-corrected chi connectivity index (χ0v) is 34.1. The van der Waals surface area contributed by atoms with E-state index in [0.29, 0.717) is 5.82 Å². The molecule has 11 rings (SSSR count). The quantitative estimate of drug-likeness (QED) is 0.154. The summed E-state index contributed by atoms with van der Waals surface area (Å²) in [4.78, 5) is 15.8. The molecule has 0 bridgehead atoms. The van der Waals surface area contributed by atoms with E-state index in [4.69, 9.17) is 15.0 Å². The van der Waals surface area contributed by atoms with Gasteiger partial charge in [0.15, 0.2) is 5.82 Å². The second-order valence-corrected chi connectivity index (χ2v) is 15.9. The van der Waals surface area contributed by atoms with E-state index >= 15 is 0 Å². The van der Waals surface area contributed by atoms with Gasteiger partial charge in [0.2, 0.25) is 0 Å². The second-order valence-electron chi connectivity index (χ2n) is 15.9. The number of benzene rings is 9. The van der Waals surface area contributed by atoms with Crippen LogP contribution in [0.1, 0.15) is 29.0 Å². The molecule has 10 aromatic rings. The fourth-order valence-corrected chi connectivity index (χ4v) is 8.89. The molecule has 9 aromatic carbocycles. The van der Waals surface area contributed by atoms with E-state index < -0.39 is 0 Å². The van der Waals surface area contributed by atoms with Crippen LogP contribution in [0.3, 0.4) is 0 Å². The Bertz CT molecular complexity index is 3140. The summed E-state index contributed by atoms with van der Waals surface area (Å²) in [6.07, 6.45) is 0.790. The molecule has 0 N–H and O–H groups in total. The van der Waals surface area contributed by atoms with Gasteiger partial charge in [-0.15, -0.1) is 0 Å². The molecule has 0 spiro atoms. The smallest absolute Gasteiger partial charge is 0.160 e. The molecule has 1 atom stereocenters. The molecule has 0 amide bonds. The zero-order valence-electron chi connectivity index (χ0n) is 34.1. The van der Waals surface area contributed by atoms with Crippen LogP contribution in [-0.2, 0) is 0 Å². The number of nitrogens with zero attached hydrogens (tertiary/aromatic N) is 3. The Morgan fingerprint density at radius 2 is 0.758 bits per heavy atom. The fourth-order valence-electron chi connectivity index (χ4n) is 8.89. The number of hydrogen-bond acceptors (Lipinski definition) is 3.